The topological polar surface area (TPSA) is 92.3 Å². The molecule has 0 atom stereocenters. The quantitative estimate of drug-likeness (QED) is 0.906. The molecule has 1 aliphatic rings. The average molecular weight is 310 g/mol. The van der Waals surface area contributed by atoms with Crippen LogP contribution in [0.15, 0.2) is 29.2 Å². The van der Waals surface area contributed by atoms with Crippen LogP contribution >= 0.6 is 11.5 Å². The Morgan fingerprint density at radius 1 is 1.35 bits per heavy atom. The van der Waals surface area contributed by atoms with E-state index in [9.17, 15) is 13.2 Å². The molecule has 0 saturated heterocycles. The number of nitrogens with zero attached hydrogens (tertiary/aromatic N) is 3. The zero-order valence-electron chi connectivity index (χ0n) is 10.4. The van der Waals surface area contributed by atoms with Gasteiger partial charge in [0.2, 0.25) is 0 Å². The van der Waals surface area contributed by atoms with Crippen LogP contribution in [0.5, 0.6) is 0 Å². The molecule has 1 aromatic carbocycles. The predicted molar refractivity (Wildman–Crippen MR) is 73.0 cm³/mol. The standard InChI is InChI=1S/C11H10N4O3S2/c1-12-10-8(13-14-19-10)6-15-11(16)7-4-2-3-5-9(7)20(15,17)18/h2-5,12H,6H2,1H3. The van der Waals surface area contributed by atoms with Crippen LogP contribution in [0.1, 0.15) is 16.1 Å². The molecule has 3 rings (SSSR count). The van der Waals surface area contributed by atoms with Crippen molar-refractivity contribution in [2.24, 2.45) is 0 Å². The molecular weight excluding hydrogens is 300 g/mol. The maximum atomic E-state index is 12.4. The van der Waals surface area contributed by atoms with E-state index in [4.69, 9.17) is 0 Å². The van der Waals surface area contributed by atoms with Gasteiger partial charge in [0.05, 0.1) is 12.1 Å². The van der Waals surface area contributed by atoms with Gasteiger partial charge in [0, 0.05) is 18.6 Å². The molecule has 0 bridgehead atoms. The number of hydrogen-bond acceptors (Lipinski definition) is 7. The smallest absolute Gasteiger partial charge is 0.269 e. The summed E-state index contributed by atoms with van der Waals surface area (Å²) in [6, 6.07) is 6.17. The van der Waals surface area contributed by atoms with Crippen molar-refractivity contribution in [2.75, 3.05) is 12.4 Å². The highest BCUT2D eigenvalue weighted by Crippen LogP contribution is 2.32. The van der Waals surface area contributed by atoms with Gasteiger partial charge in [-0.05, 0) is 12.1 Å². The highest BCUT2D eigenvalue weighted by Gasteiger charge is 2.41. The molecule has 104 valence electrons. The lowest BCUT2D eigenvalue weighted by Gasteiger charge is -2.13. The van der Waals surface area contributed by atoms with Gasteiger partial charge < -0.3 is 5.32 Å². The summed E-state index contributed by atoms with van der Waals surface area (Å²) < 4.78 is 29.3. The molecule has 1 aromatic heterocycles. The second-order valence-electron chi connectivity index (χ2n) is 4.11. The number of carbonyl (C=O) groups excluding carboxylic acids is 1. The summed E-state index contributed by atoms with van der Waals surface area (Å²) in [5.41, 5.74) is 0.629. The summed E-state index contributed by atoms with van der Waals surface area (Å²) >= 11 is 1.11. The lowest BCUT2D eigenvalue weighted by atomic mass is 10.2. The van der Waals surface area contributed by atoms with Gasteiger partial charge in [-0.2, -0.15) is 0 Å². The van der Waals surface area contributed by atoms with Gasteiger partial charge in [-0.1, -0.05) is 16.6 Å². The Hall–Kier alpha value is -2.00. The van der Waals surface area contributed by atoms with Gasteiger partial charge in [-0.25, -0.2) is 12.7 Å². The van der Waals surface area contributed by atoms with Crippen molar-refractivity contribution in [3.8, 4) is 0 Å². The van der Waals surface area contributed by atoms with Gasteiger partial charge in [0.1, 0.15) is 15.6 Å². The van der Waals surface area contributed by atoms with E-state index in [-0.39, 0.29) is 17.0 Å². The van der Waals surface area contributed by atoms with Crippen LogP contribution in [0.4, 0.5) is 5.00 Å². The van der Waals surface area contributed by atoms with E-state index in [2.05, 4.69) is 14.9 Å². The summed E-state index contributed by atoms with van der Waals surface area (Å²) in [6.07, 6.45) is 0. The summed E-state index contributed by atoms with van der Waals surface area (Å²) in [7, 11) is -2.12. The van der Waals surface area contributed by atoms with Crippen molar-refractivity contribution in [1.29, 1.82) is 0 Å². The van der Waals surface area contributed by atoms with Gasteiger partial charge in [0.15, 0.2) is 0 Å². The van der Waals surface area contributed by atoms with Crippen LogP contribution in [0, 0.1) is 0 Å². The summed E-state index contributed by atoms with van der Waals surface area (Å²) in [4.78, 5) is 12.3. The molecule has 20 heavy (non-hydrogen) atoms. The van der Waals surface area contributed by atoms with Gasteiger partial charge in [-0.15, -0.1) is 5.10 Å². The van der Waals surface area contributed by atoms with E-state index >= 15 is 0 Å². The van der Waals surface area contributed by atoms with Crippen LogP contribution in [0.3, 0.4) is 0 Å². The number of hydrogen-bond donors (Lipinski definition) is 1. The Morgan fingerprint density at radius 3 is 2.80 bits per heavy atom. The van der Waals surface area contributed by atoms with E-state index in [0.29, 0.717) is 10.7 Å². The van der Waals surface area contributed by atoms with E-state index < -0.39 is 15.9 Å². The first-order valence-corrected chi connectivity index (χ1v) is 7.92. The Kier molecular flexibility index (Phi) is 2.94. The minimum Gasteiger partial charge on any atom is -0.377 e. The first kappa shape index (κ1) is 13.0. The van der Waals surface area contributed by atoms with Crippen LogP contribution in [0.2, 0.25) is 0 Å². The van der Waals surface area contributed by atoms with E-state index in [1.54, 1.807) is 19.2 Å². The molecule has 0 fully saturated rings. The molecule has 1 aliphatic heterocycles. The fourth-order valence-corrected chi connectivity index (χ4v) is 4.08. The zero-order valence-corrected chi connectivity index (χ0v) is 12.0. The lowest BCUT2D eigenvalue weighted by molar-refractivity contribution is 0.0864. The van der Waals surface area contributed by atoms with Gasteiger partial charge >= 0.3 is 0 Å². The Balaban J connectivity index is 2.03. The average Bonchev–Trinajstić information content (AvgIpc) is 2.97. The van der Waals surface area contributed by atoms with Crippen molar-refractivity contribution in [1.82, 2.24) is 13.9 Å². The van der Waals surface area contributed by atoms with Crippen LogP contribution < -0.4 is 5.32 Å². The first-order valence-electron chi connectivity index (χ1n) is 5.71. The number of amides is 1. The third-order valence-corrected chi connectivity index (χ3v) is 5.56. The number of carbonyl (C=O) groups is 1. The third-order valence-electron chi connectivity index (χ3n) is 2.99. The molecule has 0 saturated carbocycles. The molecule has 7 nitrogen and oxygen atoms in total. The predicted octanol–water partition coefficient (Wildman–Crippen LogP) is 0.924. The highest BCUT2D eigenvalue weighted by molar-refractivity contribution is 7.90. The van der Waals surface area contributed by atoms with Crippen molar-refractivity contribution in [2.45, 2.75) is 11.4 Å². The fourth-order valence-electron chi connectivity index (χ4n) is 2.03. The normalized spacial score (nSPS) is 16.2. The summed E-state index contributed by atoms with van der Waals surface area (Å²) in [5, 5.41) is 7.38. The van der Waals surface area contributed by atoms with Crippen molar-refractivity contribution in [3.63, 3.8) is 0 Å². The number of aromatic nitrogens is 2. The molecule has 0 radical (unpaired) electrons. The Morgan fingerprint density at radius 2 is 2.10 bits per heavy atom. The Bertz CT molecular complexity index is 784. The van der Waals surface area contributed by atoms with Gasteiger partial charge in [0.25, 0.3) is 15.9 Å². The molecule has 0 spiro atoms. The van der Waals surface area contributed by atoms with Gasteiger partial charge in [-0.3, -0.25) is 4.79 Å². The number of sulfonamides is 1. The lowest BCUT2D eigenvalue weighted by Crippen LogP contribution is -2.29. The SMILES string of the molecule is CNc1snnc1CN1C(=O)c2ccccc2S1(=O)=O. The number of fused-ring (bicyclic) bond motifs is 1. The van der Waals surface area contributed by atoms with E-state index in [0.717, 1.165) is 15.8 Å². The van der Waals surface area contributed by atoms with Crippen molar-refractivity contribution in [3.05, 3.63) is 35.5 Å². The third kappa shape index (κ3) is 1.78. The molecule has 2 heterocycles. The van der Waals surface area contributed by atoms with E-state index in [1.165, 1.54) is 12.1 Å². The minimum atomic E-state index is -3.80. The summed E-state index contributed by atoms with van der Waals surface area (Å²) in [6.45, 7) is -0.122. The fraction of sp³-hybridized carbons (Fsp3) is 0.182. The van der Waals surface area contributed by atoms with Crippen LogP contribution in [-0.4, -0.2) is 35.3 Å². The van der Waals surface area contributed by atoms with Crippen molar-refractivity contribution >= 4 is 32.5 Å². The minimum absolute atomic E-state index is 0.0409. The van der Waals surface area contributed by atoms with E-state index in [1.807, 2.05) is 0 Å². The monoisotopic (exact) mass is 310 g/mol. The molecule has 0 unspecified atom stereocenters. The maximum absolute atomic E-state index is 12.4. The molecule has 1 N–H and O–H groups in total. The van der Waals surface area contributed by atoms with Crippen LogP contribution in [0.25, 0.3) is 0 Å². The number of nitrogens with one attached hydrogen (secondary N) is 1. The number of rotatable bonds is 3. The molecular formula is C11H10N4O3S2. The maximum Gasteiger partial charge on any atom is 0.269 e. The second-order valence-corrected chi connectivity index (χ2v) is 6.70. The highest BCUT2D eigenvalue weighted by atomic mass is 32.2. The van der Waals surface area contributed by atoms with Crippen molar-refractivity contribution < 1.29 is 13.2 Å². The first-order chi connectivity index (χ1) is 9.55. The number of benzene rings is 1. The molecule has 0 aliphatic carbocycles. The van der Waals surface area contributed by atoms with Crippen LogP contribution in [-0.2, 0) is 16.6 Å². The molecule has 9 heteroatoms. The summed E-state index contributed by atoms with van der Waals surface area (Å²) in [5.74, 6) is -0.532. The Labute approximate surface area is 119 Å². The largest absolute Gasteiger partial charge is 0.377 e. The second kappa shape index (κ2) is 4.53. The zero-order chi connectivity index (χ0) is 14.3. The molecule has 2 aromatic rings. The number of anilines is 1. The molecule has 1 amide bonds.